The summed E-state index contributed by atoms with van der Waals surface area (Å²) in [7, 11) is 0. The topological polar surface area (TPSA) is 177 Å². The van der Waals surface area contributed by atoms with E-state index in [4.69, 9.17) is 33.0 Å². The number of nitrogen functional groups attached to an aromatic ring is 1. The van der Waals surface area contributed by atoms with Crippen LogP contribution in [0.2, 0.25) is 0 Å². The third-order valence-corrected chi connectivity index (χ3v) is 10.6. The number of H-pyrrole nitrogens is 2. The van der Waals surface area contributed by atoms with E-state index in [1.165, 1.54) is 0 Å². The summed E-state index contributed by atoms with van der Waals surface area (Å²) in [6.45, 7) is 3.34. The van der Waals surface area contributed by atoms with Gasteiger partial charge < -0.3 is 27.2 Å². The minimum Gasteiger partial charge on any atom is -0.354 e. The standard InChI is InChI=1S/C46H45N12/c47-21-28-55-24-5-1-9-39(55)43-31-13-15-33(51-31)44(40-10-2-6-25-56(40)29-22-48)35-17-19-37(53-35)46(42-12-4-8-27-58(42)50)38-20-18-36(54-38)45(34-16-14-32(43)52-34)41-11-3-7-26-57(41)30-23-49/h1-20,24-27H,21-23,28-30,47-49H2,(H3,50,51,52,53,54)/q+3/p+1. The molecule has 0 spiro atoms. The van der Waals surface area contributed by atoms with Crippen molar-refractivity contribution in [2.45, 2.75) is 19.6 Å². The van der Waals surface area contributed by atoms with Gasteiger partial charge >= 0.3 is 0 Å². The Morgan fingerprint density at radius 3 is 1.03 bits per heavy atom. The molecule has 58 heavy (non-hydrogen) atoms. The zero-order chi connectivity index (χ0) is 39.6. The Labute approximate surface area is 335 Å². The van der Waals surface area contributed by atoms with Gasteiger partial charge in [0.25, 0.3) is 0 Å². The summed E-state index contributed by atoms with van der Waals surface area (Å²) in [5, 5.41) is 0. The Kier molecular flexibility index (Phi) is 9.94. The number of nitrogens with two attached hydrogens (primary N) is 4. The maximum absolute atomic E-state index is 6.67. The van der Waals surface area contributed by atoms with Gasteiger partial charge in [-0.25, -0.2) is 15.8 Å². The molecule has 0 amide bonds. The van der Waals surface area contributed by atoms with Crippen molar-refractivity contribution in [3.8, 4) is 45.0 Å². The van der Waals surface area contributed by atoms with E-state index in [0.29, 0.717) is 39.3 Å². The summed E-state index contributed by atoms with van der Waals surface area (Å²) in [5.74, 6) is 6.67. The van der Waals surface area contributed by atoms with Crippen LogP contribution in [0, 0.1) is 0 Å². The van der Waals surface area contributed by atoms with E-state index >= 15 is 0 Å². The molecular formula is C46H46N12+4. The molecule has 12 nitrogen and oxygen atoms in total. The van der Waals surface area contributed by atoms with Crippen molar-refractivity contribution in [3.05, 3.63) is 145 Å². The van der Waals surface area contributed by atoms with Gasteiger partial charge in [-0.1, -0.05) is 4.68 Å². The highest BCUT2D eigenvalue weighted by atomic mass is 15.3. The van der Waals surface area contributed by atoms with Crippen LogP contribution >= 0.6 is 0 Å². The average molecular weight is 767 g/mol. The van der Waals surface area contributed by atoms with Gasteiger partial charge in [0, 0.05) is 48.5 Å². The van der Waals surface area contributed by atoms with Crippen molar-refractivity contribution in [2.75, 3.05) is 25.5 Å². The summed E-state index contributed by atoms with van der Waals surface area (Å²) in [6.07, 6.45) is 16.4. The Balaban J connectivity index is 1.50. The van der Waals surface area contributed by atoms with Crippen LogP contribution in [0.3, 0.4) is 0 Å². The lowest BCUT2D eigenvalue weighted by atomic mass is 10.1. The third-order valence-electron chi connectivity index (χ3n) is 10.6. The van der Waals surface area contributed by atoms with Crippen molar-refractivity contribution in [3.63, 3.8) is 0 Å². The van der Waals surface area contributed by atoms with Gasteiger partial charge in [-0.05, 0) is 72.8 Å². The van der Waals surface area contributed by atoms with Crippen LogP contribution in [0.1, 0.15) is 22.8 Å². The summed E-state index contributed by atoms with van der Waals surface area (Å²) in [5.41, 5.74) is 32.6. The first-order valence-electron chi connectivity index (χ1n) is 19.6. The molecule has 0 aromatic carbocycles. The second-order valence-corrected chi connectivity index (χ2v) is 14.2. The van der Waals surface area contributed by atoms with Gasteiger partial charge in [-0.15, -0.1) is 0 Å². The first-order chi connectivity index (χ1) is 28.6. The minimum atomic E-state index is 0.481. The lowest BCUT2D eigenvalue weighted by molar-refractivity contribution is -0.683. The van der Waals surface area contributed by atoms with Crippen LogP contribution in [0.4, 0.5) is 0 Å². The highest BCUT2D eigenvalue weighted by Crippen LogP contribution is 2.36. The molecular weight excluding hydrogens is 721 g/mol. The molecule has 0 unspecified atom stereocenters. The van der Waals surface area contributed by atoms with Crippen molar-refractivity contribution in [1.82, 2.24) is 19.9 Å². The van der Waals surface area contributed by atoms with Gasteiger partial charge in [0.2, 0.25) is 22.8 Å². The molecule has 9 rings (SSSR count). The monoisotopic (exact) mass is 766 g/mol. The molecule has 0 atom stereocenters. The van der Waals surface area contributed by atoms with E-state index in [0.717, 1.165) is 89.9 Å². The fraction of sp³-hybridized carbons (Fsp3) is 0.130. The fourth-order valence-corrected chi connectivity index (χ4v) is 8.06. The van der Waals surface area contributed by atoms with Crippen molar-refractivity contribution >= 4 is 46.4 Å². The molecule has 10 N–H and O–H groups in total. The van der Waals surface area contributed by atoms with Crippen LogP contribution in [0.15, 0.2) is 122 Å². The van der Waals surface area contributed by atoms with Crippen molar-refractivity contribution in [1.29, 1.82) is 0 Å². The Bertz CT molecular complexity index is 2870. The lowest BCUT2D eigenvalue weighted by Gasteiger charge is -2.06. The molecule has 9 heterocycles. The summed E-state index contributed by atoms with van der Waals surface area (Å²) < 4.78 is 8.17. The molecule has 2 aliphatic heterocycles. The number of hydrogen-bond donors (Lipinski definition) is 6. The Morgan fingerprint density at radius 2 is 0.707 bits per heavy atom. The van der Waals surface area contributed by atoms with Crippen LogP contribution in [-0.2, 0) is 19.6 Å². The second-order valence-electron chi connectivity index (χ2n) is 14.2. The zero-order valence-corrected chi connectivity index (χ0v) is 32.1. The summed E-state index contributed by atoms with van der Waals surface area (Å²) in [4.78, 5) is 18.5. The molecule has 12 heteroatoms. The van der Waals surface area contributed by atoms with E-state index in [-0.39, 0.29) is 0 Å². The van der Waals surface area contributed by atoms with Crippen LogP contribution < -0.4 is 41.4 Å². The molecule has 286 valence electrons. The SMILES string of the molecule is NCC[n+]1ccccc1-c1c2nc(c(-c3cccc[n+]3CCN)c3ccc([nH]3)c(-c3cccc[n+]3CCN)c3nc(c(-c4cccc[n+]4N)c4ccc1[nH]4)C=C3)C=C2. The maximum Gasteiger partial charge on any atom is 0.246 e. The number of rotatable bonds is 10. The molecule has 8 bridgehead atoms. The van der Waals surface area contributed by atoms with E-state index < -0.39 is 0 Å². The highest BCUT2D eigenvalue weighted by Gasteiger charge is 2.27. The molecule has 0 saturated carbocycles. The summed E-state index contributed by atoms with van der Waals surface area (Å²) in [6, 6.07) is 33.0. The smallest absolute Gasteiger partial charge is 0.246 e. The van der Waals surface area contributed by atoms with Crippen molar-refractivity contribution < 1.29 is 18.4 Å². The fourth-order valence-electron chi connectivity index (χ4n) is 8.06. The number of nitrogens with zero attached hydrogens (tertiary/aromatic N) is 6. The molecule has 7 aromatic rings. The minimum absolute atomic E-state index is 0.481. The largest absolute Gasteiger partial charge is 0.354 e. The Hall–Kier alpha value is -7.12. The summed E-state index contributed by atoms with van der Waals surface area (Å²) >= 11 is 0. The first kappa shape index (κ1) is 36.5. The van der Waals surface area contributed by atoms with Gasteiger partial charge in [-0.2, -0.15) is 13.7 Å². The number of fused-ring (bicyclic) bond motifs is 8. The quantitative estimate of drug-likeness (QED) is 0.0904. The molecule has 7 aromatic heterocycles. The lowest BCUT2D eigenvalue weighted by Crippen LogP contribution is -2.45. The molecule has 0 aliphatic carbocycles. The molecule has 0 fully saturated rings. The van der Waals surface area contributed by atoms with Crippen LogP contribution in [0.25, 0.3) is 91.4 Å². The predicted octanol–water partition coefficient (Wildman–Crippen LogP) is 4.06. The van der Waals surface area contributed by atoms with E-state index in [1.807, 2.05) is 54.7 Å². The van der Waals surface area contributed by atoms with Gasteiger partial charge in [0.05, 0.1) is 86.7 Å². The maximum atomic E-state index is 6.67. The number of aromatic amines is 2. The Morgan fingerprint density at radius 1 is 0.397 bits per heavy atom. The van der Waals surface area contributed by atoms with Crippen LogP contribution in [0.5, 0.6) is 0 Å². The van der Waals surface area contributed by atoms with Crippen molar-refractivity contribution in [2.24, 2.45) is 17.2 Å². The predicted molar refractivity (Wildman–Crippen MR) is 229 cm³/mol. The third kappa shape index (κ3) is 6.64. The van der Waals surface area contributed by atoms with E-state index in [1.54, 1.807) is 4.68 Å². The van der Waals surface area contributed by atoms with E-state index in [9.17, 15) is 0 Å². The molecule has 0 saturated heterocycles. The normalized spacial score (nSPS) is 12.1. The second kappa shape index (κ2) is 15.8. The number of nitrogens with one attached hydrogen (secondary N) is 2. The van der Waals surface area contributed by atoms with Crippen LogP contribution in [-0.4, -0.2) is 39.6 Å². The number of hydrogen-bond acceptors (Lipinski definition) is 6. The number of pyridine rings is 4. The van der Waals surface area contributed by atoms with Gasteiger partial charge in [0.1, 0.15) is 0 Å². The highest BCUT2D eigenvalue weighted by molar-refractivity contribution is 5.97. The van der Waals surface area contributed by atoms with E-state index in [2.05, 4.69) is 115 Å². The first-order valence-corrected chi connectivity index (χ1v) is 19.6. The molecule has 2 aliphatic rings. The molecule has 0 radical (unpaired) electrons. The van der Waals surface area contributed by atoms with Gasteiger partial charge in [0.15, 0.2) is 44.4 Å². The number of aromatic nitrogens is 8. The average Bonchev–Trinajstić information content (AvgIpc) is 4.09. The van der Waals surface area contributed by atoms with Gasteiger partial charge in [-0.3, -0.25) is 0 Å². The zero-order valence-electron chi connectivity index (χ0n) is 32.1.